The van der Waals surface area contributed by atoms with Crippen molar-refractivity contribution in [2.24, 2.45) is 10.1 Å². The molecule has 0 saturated carbocycles. The summed E-state index contributed by atoms with van der Waals surface area (Å²) in [7, 11) is 0. The van der Waals surface area contributed by atoms with E-state index in [0.717, 1.165) is 27.0 Å². The number of thioether (sulfide) groups is 1. The third-order valence-electron chi connectivity index (χ3n) is 4.72. The van der Waals surface area contributed by atoms with E-state index >= 15 is 0 Å². The number of thiocarbonyl (C=S) groups is 1. The second-order valence-corrected chi connectivity index (χ2v) is 8.79. The number of aliphatic imine (C=N–C) groups is 1. The minimum Gasteiger partial charge on any atom is -0.290 e. The highest BCUT2D eigenvalue weighted by atomic mass is 35.5. The van der Waals surface area contributed by atoms with Crippen molar-refractivity contribution in [1.29, 1.82) is 0 Å². The number of amidine groups is 1. The van der Waals surface area contributed by atoms with Gasteiger partial charge in [0.1, 0.15) is 5.04 Å². The Morgan fingerprint density at radius 1 is 0.900 bits per heavy atom. The van der Waals surface area contributed by atoms with Crippen LogP contribution in [-0.4, -0.2) is 20.3 Å². The number of para-hydroxylation sites is 1. The van der Waals surface area contributed by atoms with E-state index in [2.05, 4.69) is 0 Å². The van der Waals surface area contributed by atoms with E-state index in [9.17, 15) is 0 Å². The summed E-state index contributed by atoms with van der Waals surface area (Å²) in [6, 6.07) is 25.3. The quantitative estimate of drug-likeness (QED) is 0.407. The van der Waals surface area contributed by atoms with Crippen molar-refractivity contribution in [2.45, 2.75) is 6.17 Å². The van der Waals surface area contributed by atoms with Crippen LogP contribution in [0.2, 0.25) is 10.0 Å². The molecule has 3 aromatic rings. The number of anilines is 1. The van der Waals surface area contributed by atoms with Crippen LogP contribution in [0.25, 0.3) is 0 Å². The summed E-state index contributed by atoms with van der Waals surface area (Å²) < 4.78 is 0. The molecule has 0 aromatic heterocycles. The third-order valence-corrected chi connectivity index (χ3v) is 6.62. The summed E-state index contributed by atoms with van der Waals surface area (Å²) in [6.45, 7) is 0. The lowest BCUT2D eigenvalue weighted by Crippen LogP contribution is -2.47. The van der Waals surface area contributed by atoms with Gasteiger partial charge in [-0.05, 0) is 48.2 Å². The van der Waals surface area contributed by atoms with E-state index < -0.39 is 6.17 Å². The molecule has 4 nitrogen and oxygen atoms in total. The van der Waals surface area contributed by atoms with Crippen LogP contribution in [0.5, 0.6) is 0 Å². The van der Waals surface area contributed by atoms with Crippen LogP contribution in [0.4, 0.5) is 5.69 Å². The minimum atomic E-state index is -0.422. The normalized spacial score (nSPS) is 18.2. The Hall–Kier alpha value is -2.38. The number of benzene rings is 3. The topological polar surface area (TPSA) is 31.2 Å². The Balaban J connectivity index is 1.62. The average molecular weight is 469 g/mol. The summed E-state index contributed by atoms with van der Waals surface area (Å²) >= 11 is 20.1. The summed E-state index contributed by atoms with van der Waals surface area (Å²) in [5, 5.41) is 9.70. The second-order valence-electron chi connectivity index (χ2n) is 6.62. The van der Waals surface area contributed by atoms with Crippen molar-refractivity contribution in [2.75, 3.05) is 4.90 Å². The SMILES string of the molecule is S=C1N2N=C(c3ccccc3)SC2=NC(c2ccc(Cl)cc2Cl)N1c1ccccc1. The molecule has 0 fully saturated rings. The first kappa shape index (κ1) is 19.6. The van der Waals surface area contributed by atoms with E-state index in [1.54, 1.807) is 11.1 Å². The predicted molar refractivity (Wildman–Crippen MR) is 131 cm³/mol. The Kier molecular flexibility index (Phi) is 5.25. The fraction of sp³-hybridized carbons (Fsp3) is 0.0455. The van der Waals surface area contributed by atoms with Gasteiger partial charge < -0.3 is 0 Å². The smallest absolute Gasteiger partial charge is 0.205 e. The molecule has 0 aliphatic carbocycles. The van der Waals surface area contributed by atoms with Crippen LogP contribution >= 0.6 is 47.2 Å². The number of hydrogen-bond donors (Lipinski definition) is 0. The molecular weight excluding hydrogens is 455 g/mol. The Morgan fingerprint density at radius 3 is 2.30 bits per heavy atom. The molecular formula is C22H14Cl2N4S2. The zero-order valence-electron chi connectivity index (χ0n) is 15.4. The molecule has 0 amide bonds. The zero-order chi connectivity index (χ0) is 20.7. The largest absolute Gasteiger partial charge is 0.290 e. The van der Waals surface area contributed by atoms with Gasteiger partial charge in [-0.25, -0.2) is 4.99 Å². The van der Waals surface area contributed by atoms with Gasteiger partial charge in [-0.1, -0.05) is 77.8 Å². The molecule has 3 aromatic carbocycles. The maximum atomic E-state index is 6.56. The van der Waals surface area contributed by atoms with Crippen molar-refractivity contribution in [3.8, 4) is 0 Å². The molecule has 1 atom stereocenters. The highest BCUT2D eigenvalue weighted by Gasteiger charge is 2.39. The van der Waals surface area contributed by atoms with E-state index in [4.69, 9.17) is 45.5 Å². The first-order valence-electron chi connectivity index (χ1n) is 9.15. The van der Waals surface area contributed by atoms with Crippen LogP contribution in [0, 0.1) is 0 Å². The second kappa shape index (κ2) is 8.04. The van der Waals surface area contributed by atoms with Gasteiger partial charge in [-0.2, -0.15) is 10.1 Å². The van der Waals surface area contributed by atoms with Gasteiger partial charge in [0.2, 0.25) is 5.11 Å². The number of hydrazone groups is 1. The molecule has 2 aliphatic rings. The van der Waals surface area contributed by atoms with Crippen molar-refractivity contribution >= 4 is 68.2 Å². The summed E-state index contributed by atoms with van der Waals surface area (Å²) in [5.74, 6) is 0. The summed E-state index contributed by atoms with van der Waals surface area (Å²) in [5.41, 5.74) is 2.76. The molecule has 0 saturated heterocycles. The maximum Gasteiger partial charge on any atom is 0.205 e. The highest BCUT2D eigenvalue weighted by molar-refractivity contribution is 8.27. The molecule has 0 radical (unpaired) electrons. The lowest BCUT2D eigenvalue weighted by atomic mass is 10.1. The van der Waals surface area contributed by atoms with Gasteiger partial charge in [0, 0.05) is 26.9 Å². The van der Waals surface area contributed by atoms with Crippen LogP contribution in [0.3, 0.4) is 0 Å². The van der Waals surface area contributed by atoms with Crippen molar-refractivity contribution < 1.29 is 0 Å². The fourth-order valence-electron chi connectivity index (χ4n) is 3.32. The molecule has 148 valence electrons. The lowest BCUT2D eigenvalue weighted by Gasteiger charge is -2.38. The van der Waals surface area contributed by atoms with E-state index in [-0.39, 0.29) is 0 Å². The fourth-order valence-corrected chi connectivity index (χ4v) is 5.13. The zero-order valence-corrected chi connectivity index (χ0v) is 18.6. The number of hydrogen-bond acceptors (Lipinski definition) is 4. The first-order chi connectivity index (χ1) is 14.6. The molecule has 30 heavy (non-hydrogen) atoms. The molecule has 0 spiro atoms. The van der Waals surface area contributed by atoms with Crippen LogP contribution in [0.1, 0.15) is 17.3 Å². The molecule has 0 bridgehead atoms. The Bertz CT molecular complexity index is 1180. The Morgan fingerprint density at radius 2 is 1.60 bits per heavy atom. The third kappa shape index (κ3) is 3.50. The number of nitrogens with zero attached hydrogens (tertiary/aromatic N) is 4. The van der Waals surface area contributed by atoms with Gasteiger partial charge in [-0.3, -0.25) is 4.90 Å². The molecule has 2 heterocycles. The lowest BCUT2D eigenvalue weighted by molar-refractivity contribution is 0.598. The highest BCUT2D eigenvalue weighted by Crippen LogP contribution is 2.41. The monoisotopic (exact) mass is 468 g/mol. The molecule has 8 heteroatoms. The summed E-state index contributed by atoms with van der Waals surface area (Å²) in [6.07, 6.45) is -0.422. The van der Waals surface area contributed by atoms with Crippen LogP contribution < -0.4 is 4.90 Å². The van der Waals surface area contributed by atoms with Gasteiger partial charge in [0.25, 0.3) is 0 Å². The van der Waals surface area contributed by atoms with Gasteiger partial charge in [0.05, 0.1) is 0 Å². The van der Waals surface area contributed by atoms with Gasteiger partial charge in [-0.15, -0.1) is 0 Å². The maximum absolute atomic E-state index is 6.56. The van der Waals surface area contributed by atoms with E-state index in [0.29, 0.717) is 15.2 Å². The van der Waals surface area contributed by atoms with Crippen LogP contribution in [0.15, 0.2) is 89.0 Å². The van der Waals surface area contributed by atoms with Crippen molar-refractivity contribution in [3.63, 3.8) is 0 Å². The van der Waals surface area contributed by atoms with Gasteiger partial charge >= 0.3 is 0 Å². The number of fused-ring (bicyclic) bond motifs is 1. The van der Waals surface area contributed by atoms with Crippen molar-refractivity contribution in [3.05, 3.63) is 100 Å². The molecule has 1 unspecified atom stereocenters. The average Bonchev–Trinajstić information content (AvgIpc) is 3.20. The summed E-state index contributed by atoms with van der Waals surface area (Å²) in [4.78, 5) is 6.95. The number of halogens is 2. The molecule has 2 aliphatic heterocycles. The van der Waals surface area contributed by atoms with E-state index in [1.807, 2.05) is 77.7 Å². The minimum absolute atomic E-state index is 0.422. The van der Waals surface area contributed by atoms with Crippen LogP contribution in [-0.2, 0) is 0 Å². The number of rotatable bonds is 3. The molecule has 5 rings (SSSR count). The first-order valence-corrected chi connectivity index (χ1v) is 11.1. The van der Waals surface area contributed by atoms with Gasteiger partial charge in [0.15, 0.2) is 11.3 Å². The molecule has 0 N–H and O–H groups in total. The standard InChI is InChI=1S/C22H14Cl2N4S2/c23-15-11-12-17(18(24)13-15)19-25-21-28(22(29)27(19)16-9-5-2-6-10-16)26-20(30-21)14-7-3-1-4-8-14/h1-13,19H. The predicted octanol–water partition coefficient (Wildman–Crippen LogP) is 6.56. The van der Waals surface area contributed by atoms with Crippen molar-refractivity contribution in [1.82, 2.24) is 5.01 Å². The Labute approximate surface area is 193 Å². The van der Waals surface area contributed by atoms with E-state index in [1.165, 1.54) is 11.8 Å².